The highest BCUT2D eigenvalue weighted by Crippen LogP contribution is 2.45. The van der Waals surface area contributed by atoms with Crippen molar-refractivity contribution >= 4 is 35.6 Å². The Morgan fingerprint density at radius 3 is 0.842 bits per heavy atom. The number of carboxylic acid groups (broad SMARTS) is 3. The normalized spacial score (nSPS) is 21.3. The van der Waals surface area contributed by atoms with Crippen LogP contribution in [0.2, 0.25) is 0 Å². The molecule has 1 heterocycles. The van der Waals surface area contributed by atoms with Crippen molar-refractivity contribution in [1.29, 1.82) is 0 Å². The third kappa shape index (κ3) is 11.0. The number of rotatable bonds is 18. The fourth-order valence-electron chi connectivity index (χ4n) is 9.82. The minimum atomic E-state index is -2.00. The van der Waals surface area contributed by atoms with E-state index in [-0.39, 0.29) is 91.3 Å². The zero-order chi connectivity index (χ0) is 44.5. The molecule has 1 fully saturated rings. The highest BCUT2D eigenvalue weighted by molar-refractivity contribution is 5.93. The van der Waals surface area contributed by atoms with Gasteiger partial charge < -0.3 is 55.0 Å². The minimum absolute atomic E-state index is 0.0300. The summed E-state index contributed by atoms with van der Waals surface area (Å²) >= 11 is 0. The number of primary amides is 3. The molecule has 3 amide bonds. The number of hydrogen-bond donors (Lipinski definition) is 10. The van der Waals surface area contributed by atoms with Gasteiger partial charge in [0.2, 0.25) is 17.7 Å². The number of amides is 3. The van der Waals surface area contributed by atoms with Gasteiger partial charge >= 0.3 is 17.9 Å². The summed E-state index contributed by atoms with van der Waals surface area (Å²) in [6, 6.07) is 0. The lowest BCUT2D eigenvalue weighted by molar-refractivity contribution is -0.168. The molecule has 6 atom stereocenters. The van der Waals surface area contributed by atoms with Crippen molar-refractivity contribution in [1.82, 2.24) is 20.0 Å². The van der Waals surface area contributed by atoms with Gasteiger partial charge in [-0.2, -0.15) is 0 Å². The molecule has 0 bridgehead atoms. The number of nitrogens with two attached hydrogens (primary N) is 6. The molecule has 6 unspecified atom stereocenters. The van der Waals surface area contributed by atoms with Gasteiger partial charge in [-0.05, 0) is 55.1 Å². The molecule has 57 heavy (non-hydrogen) atoms. The number of aliphatic carboxylic acids is 3. The van der Waals surface area contributed by atoms with Gasteiger partial charge in [0.15, 0.2) is 0 Å². The molecule has 0 spiro atoms. The Kier molecular flexibility index (Phi) is 18.1. The van der Waals surface area contributed by atoms with Gasteiger partial charge in [0.1, 0.15) is 16.6 Å². The van der Waals surface area contributed by atoms with Crippen LogP contribution in [-0.2, 0) is 28.8 Å². The zero-order valence-electron chi connectivity index (χ0n) is 35.7. The summed E-state index contributed by atoms with van der Waals surface area (Å²) in [4.78, 5) is 86.3. The summed E-state index contributed by atoms with van der Waals surface area (Å²) in [6.45, 7) is 14.4. The summed E-state index contributed by atoms with van der Waals surface area (Å²) in [5, 5.41) is 35.6. The number of carbonyl (C=O) groups is 6. The quantitative estimate of drug-likeness (QED) is 0.0749. The van der Waals surface area contributed by atoms with Crippen LogP contribution < -0.4 is 39.7 Å². The van der Waals surface area contributed by atoms with Crippen molar-refractivity contribution in [2.75, 3.05) is 72.0 Å². The standard InChI is InChI=1S/C38H74N10O9/c1-33(2,3)24(27(49)50)36(10-13-39,30(42)55)46-18-16-45-17-19-47(37(11-14-40,31(43)56)25(28(51)52)34(4,5)6)21-23-48(22-20-46)38(12-15-41,32(44)57)26(29(53)54)35(7,8)9/h24-26,45H,10-23,39-41H2,1-9H3,(H2,42,55)(H2,43,56)(H2,44,57)(H,49,50)(H,51,52)(H,53,54). The van der Waals surface area contributed by atoms with E-state index in [1.807, 2.05) is 0 Å². The number of hydrogen-bond acceptors (Lipinski definition) is 13. The van der Waals surface area contributed by atoms with E-state index >= 15 is 0 Å². The monoisotopic (exact) mass is 815 g/mol. The molecule has 0 radical (unpaired) electrons. The molecule has 1 saturated heterocycles. The molecule has 16 N–H and O–H groups in total. The first-order valence-corrected chi connectivity index (χ1v) is 19.7. The largest absolute Gasteiger partial charge is 0.481 e. The molecule has 0 saturated carbocycles. The van der Waals surface area contributed by atoms with Gasteiger partial charge in [-0.15, -0.1) is 0 Å². The summed E-state index contributed by atoms with van der Waals surface area (Å²) < 4.78 is 0. The topological polar surface area (TPSA) is 341 Å². The van der Waals surface area contributed by atoms with Gasteiger partial charge in [-0.3, -0.25) is 43.5 Å². The van der Waals surface area contributed by atoms with Crippen LogP contribution in [0.3, 0.4) is 0 Å². The van der Waals surface area contributed by atoms with Crippen LogP contribution in [0.15, 0.2) is 0 Å². The molecule has 0 aromatic heterocycles. The summed E-state index contributed by atoms with van der Waals surface area (Å²) in [6.07, 6.45) is -0.514. The summed E-state index contributed by atoms with van der Waals surface area (Å²) in [7, 11) is 0. The van der Waals surface area contributed by atoms with Crippen LogP contribution in [0.4, 0.5) is 0 Å². The lowest BCUT2D eigenvalue weighted by atomic mass is 9.65. The maximum absolute atomic E-state index is 14.1. The molecule has 330 valence electrons. The first kappa shape index (κ1) is 51.6. The van der Waals surface area contributed by atoms with Crippen LogP contribution in [0.5, 0.6) is 0 Å². The first-order valence-electron chi connectivity index (χ1n) is 19.7. The van der Waals surface area contributed by atoms with Gasteiger partial charge in [0, 0.05) is 52.4 Å². The lowest BCUT2D eigenvalue weighted by Gasteiger charge is -2.53. The Hall–Kier alpha value is -3.46. The van der Waals surface area contributed by atoms with E-state index in [2.05, 4.69) is 5.32 Å². The van der Waals surface area contributed by atoms with Gasteiger partial charge in [0.25, 0.3) is 0 Å². The number of carboxylic acids is 3. The molecule has 0 aliphatic carbocycles. The van der Waals surface area contributed by atoms with Crippen molar-refractivity contribution in [2.45, 2.75) is 98.2 Å². The molecule has 1 aliphatic rings. The Balaban J connectivity index is 4.45. The van der Waals surface area contributed by atoms with Crippen molar-refractivity contribution in [2.24, 2.45) is 68.4 Å². The molecule has 19 nitrogen and oxygen atoms in total. The van der Waals surface area contributed by atoms with Gasteiger partial charge in [0.05, 0.1) is 17.8 Å². The molecule has 1 aliphatic heterocycles. The third-order valence-corrected chi connectivity index (χ3v) is 11.7. The SMILES string of the molecule is CC(C)(C)C(C(=O)O)C(CCN)(C(N)=O)N1CCNCCN(C(CCN)(C(N)=O)C(C(=O)O)C(C)(C)C)CCN(C(CCN)(C(N)=O)C(C(=O)O)C(C)(C)C)CC1. The van der Waals surface area contributed by atoms with E-state index in [1.54, 1.807) is 77.0 Å². The van der Waals surface area contributed by atoms with Crippen molar-refractivity contribution in [3.8, 4) is 0 Å². The van der Waals surface area contributed by atoms with Gasteiger partial charge in [-0.1, -0.05) is 62.3 Å². The number of nitrogens with zero attached hydrogens (tertiary/aromatic N) is 3. The molecule has 0 aromatic carbocycles. The predicted octanol–water partition coefficient (Wildman–Crippen LogP) is -1.55. The van der Waals surface area contributed by atoms with Crippen molar-refractivity contribution in [3.05, 3.63) is 0 Å². The summed E-state index contributed by atoms with van der Waals surface area (Å²) in [5.74, 6) is -10.9. The zero-order valence-corrected chi connectivity index (χ0v) is 35.7. The second-order valence-corrected chi connectivity index (χ2v) is 18.6. The molecule has 19 heteroatoms. The second kappa shape index (κ2) is 20.0. The van der Waals surface area contributed by atoms with Crippen LogP contribution in [0, 0.1) is 34.0 Å². The minimum Gasteiger partial charge on any atom is -0.481 e. The molecule has 1 rings (SSSR count). The molecular formula is C38H74N10O9. The van der Waals surface area contributed by atoms with E-state index in [0.717, 1.165) is 0 Å². The van der Waals surface area contributed by atoms with Crippen LogP contribution >= 0.6 is 0 Å². The average Bonchev–Trinajstić information content (AvgIpc) is 3.01. The Labute approximate surface area is 337 Å². The van der Waals surface area contributed by atoms with Crippen molar-refractivity contribution < 1.29 is 44.1 Å². The van der Waals surface area contributed by atoms with Crippen LogP contribution in [0.1, 0.15) is 81.6 Å². The highest BCUT2D eigenvalue weighted by atomic mass is 16.4. The third-order valence-electron chi connectivity index (χ3n) is 11.7. The fourth-order valence-corrected chi connectivity index (χ4v) is 9.82. The maximum Gasteiger partial charge on any atom is 0.309 e. The summed E-state index contributed by atoms with van der Waals surface area (Å²) in [5.41, 5.74) is 28.2. The second-order valence-electron chi connectivity index (χ2n) is 18.6. The smallest absolute Gasteiger partial charge is 0.309 e. The average molecular weight is 815 g/mol. The predicted molar refractivity (Wildman–Crippen MR) is 216 cm³/mol. The maximum atomic E-state index is 14.1. The van der Waals surface area contributed by atoms with Crippen molar-refractivity contribution in [3.63, 3.8) is 0 Å². The number of nitrogens with one attached hydrogen (secondary N) is 1. The fraction of sp³-hybridized carbons (Fsp3) is 0.842. The van der Waals surface area contributed by atoms with E-state index in [0.29, 0.717) is 0 Å². The van der Waals surface area contributed by atoms with E-state index in [4.69, 9.17) is 34.4 Å². The Morgan fingerprint density at radius 1 is 0.474 bits per heavy atom. The first-order chi connectivity index (χ1) is 26.0. The van der Waals surface area contributed by atoms with Crippen LogP contribution in [-0.4, -0.2) is 154 Å². The highest BCUT2D eigenvalue weighted by Gasteiger charge is 2.60. The Bertz CT molecular complexity index is 1350. The molecule has 0 aromatic rings. The van der Waals surface area contributed by atoms with E-state index in [9.17, 15) is 44.1 Å². The molecular weight excluding hydrogens is 740 g/mol. The lowest BCUT2D eigenvalue weighted by Crippen LogP contribution is -2.72. The Morgan fingerprint density at radius 2 is 0.684 bits per heavy atom. The van der Waals surface area contributed by atoms with E-state index < -0.39 is 86.2 Å². The van der Waals surface area contributed by atoms with E-state index in [1.165, 1.54) is 0 Å². The van der Waals surface area contributed by atoms with Crippen LogP contribution in [0.25, 0.3) is 0 Å². The number of carbonyl (C=O) groups excluding carboxylic acids is 3. The van der Waals surface area contributed by atoms with Gasteiger partial charge in [-0.25, -0.2) is 0 Å².